The molecular formula is C22H23N5O2S. The summed E-state index contributed by atoms with van der Waals surface area (Å²) < 4.78 is 6.34. The molecule has 0 saturated carbocycles. The topological polar surface area (TPSA) is 92.2 Å². The standard InChI is InChI=1S/C22H23N5O2S/c1-29-17-8-9-18-19(14-17)30-22(25-18)27-20-13-16(12-15-6-3-2-4-7-15)24-21(26-20)23-10-5-11-28/h2-4,6-9,13-14,28H,5,10-12H2,1H3,(H2,23,24,25,26,27). The Balaban J connectivity index is 1.60. The van der Waals surface area contributed by atoms with Crippen LogP contribution in [0.5, 0.6) is 5.75 Å². The first-order valence-corrected chi connectivity index (χ1v) is 10.5. The van der Waals surface area contributed by atoms with E-state index in [0.717, 1.165) is 26.8 Å². The van der Waals surface area contributed by atoms with E-state index in [9.17, 15) is 0 Å². The number of nitrogens with zero attached hydrogens (tertiary/aromatic N) is 3. The molecule has 3 N–H and O–H groups in total. The molecule has 0 unspecified atom stereocenters. The molecule has 0 amide bonds. The Kier molecular flexibility index (Phi) is 6.36. The lowest BCUT2D eigenvalue weighted by Gasteiger charge is -2.10. The molecule has 0 spiro atoms. The largest absolute Gasteiger partial charge is 0.497 e. The van der Waals surface area contributed by atoms with E-state index in [1.54, 1.807) is 18.4 Å². The van der Waals surface area contributed by atoms with Gasteiger partial charge >= 0.3 is 0 Å². The fourth-order valence-corrected chi connectivity index (χ4v) is 3.91. The Hall–Kier alpha value is -3.23. The number of methoxy groups -OCH3 is 1. The van der Waals surface area contributed by atoms with Gasteiger partial charge in [0.1, 0.15) is 11.6 Å². The van der Waals surface area contributed by atoms with Crippen LogP contribution >= 0.6 is 11.3 Å². The number of benzene rings is 2. The van der Waals surface area contributed by atoms with E-state index in [4.69, 9.17) is 9.84 Å². The lowest BCUT2D eigenvalue weighted by atomic mass is 10.1. The number of thiazole rings is 1. The molecule has 154 valence electrons. The third kappa shape index (κ3) is 5.03. The molecule has 0 aliphatic heterocycles. The first-order valence-electron chi connectivity index (χ1n) is 9.72. The van der Waals surface area contributed by atoms with E-state index in [0.29, 0.717) is 31.2 Å². The zero-order valence-electron chi connectivity index (χ0n) is 16.6. The van der Waals surface area contributed by atoms with Crippen molar-refractivity contribution in [2.75, 3.05) is 30.9 Å². The first-order chi connectivity index (χ1) is 14.7. The molecule has 2 aromatic heterocycles. The van der Waals surface area contributed by atoms with E-state index >= 15 is 0 Å². The second-order valence-electron chi connectivity index (χ2n) is 6.71. The lowest BCUT2D eigenvalue weighted by molar-refractivity contribution is 0.292. The Morgan fingerprint density at radius 1 is 1.03 bits per heavy atom. The van der Waals surface area contributed by atoms with Gasteiger partial charge < -0.3 is 20.5 Å². The molecule has 4 aromatic rings. The zero-order chi connectivity index (χ0) is 20.8. The zero-order valence-corrected chi connectivity index (χ0v) is 17.4. The van der Waals surface area contributed by atoms with Gasteiger partial charge in [0.2, 0.25) is 5.95 Å². The summed E-state index contributed by atoms with van der Waals surface area (Å²) in [6, 6.07) is 18.0. The van der Waals surface area contributed by atoms with Crippen LogP contribution in [0.3, 0.4) is 0 Å². The predicted octanol–water partition coefficient (Wildman–Crippen LogP) is 4.22. The number of nitrogens with one attached hydrogen (secondary N) is 2. The summed E-state index contributed by atoms with van der Waals surface area (Å²) in [5.74, 6) is 2.01. The van der Waals surface area contributed by atoms with Gasteiger partial charge in [-0.1, -0.05) is 41.7 Å². The minimum absolute atomic E-state index is 0.122. The van der Waals surface area contributed by atoms with Crippen LogP contribution in [0.25, 0.3) is 10.2 Å². The molecular weight excluding hydrogens is 398 g/mol. The summed E-state index contributed by atoms with van der Waals surface area (Å²) in [4.78, 5) is 13.8. The van der Waals surface area contributed by atoms with E-state index in [1.165, 1.54) is 5.56 Å². The highest BCUT2D eigenvalue weighted by molar-refractivity contribution is 7.22. The maximum Gasteiger partial charge on any atom is 0.224 e. The van der Waals surface area contributed by atoms with Crippen molar-refractivity contribution >= 4 is 38.5 Å². The highest BCUT2D eigenvalue weighted by atomic mass is 32.1. The van der Waals surface area contributed by atoms with E-state index in [1.807, 2.05) is 42.5 Å². The summed E-state index contributed by atoms with van der Waals surface area (Å²) in [6.07, 6.45) is 1.33. The summed E-state index contributed by atoms with van der Waals surface area (Å²) in [6.45, 7) is 0.725. The van der Waals surface area contributed by atoms with Gasteiger partial charge in [0.15, 0.2) is 5.13 Å². The van der Waals surface area contributed by atoms with Crippen LogP contribution in [0.1, 0.15) is 17.7 Å². The molecule has 0 atom stereocenters. The van der Waals surface area contributed by atoms with Gasteiger partial charge in [0, 0.05) is 25.6 Å². The molecule has 0 saturated heterocycles. The van der Waals surface area contributed by atoms with Gasteiger partial charge in [-0.25, -0.2) is 9.97 Å². The summed E-state index contributed by atoms with van der Waals surface area (Å²) in [7, 11) is 1.65. The summed E-state index contributed by atoms with van der Waals surface area (Å²) in [5.41, 5.74) is 2.98. The second kappa shape index (κ2) is 9.51. The molecule has 30 heavy (non-hydrogen) atoms. The minimum Gasteiger partial charge on any atom is -0.497 e. The molecule has 0 aliphatic rings. The smallest absolute Gasteiger partial charge is 0.224 e. The molecule has 2 heterocycles. The van der Waals surface area contributed by atoms with E-state index < -0.39 is 0 Å². The van der Waals surface area contributed by atoms with Crippen molar-refractivity contribution in [1.29, 1.82) is 0 Å². The molecule has 7 nitrogen and oxygen atoms in total. The van der Waals surface area contributed by atoms with Crippen molar-refractivity contribution in [3.05, 3.63) is 65.9 Å². The number of aromatic nitrogens is 3. The van der Waals surface area contributed by atoms with Crippen molar-refractivity contribution in [2.45, 2.75) is 12.8 Å². The number of hydrogen-bond acceptors (Lipinski definition) is 8. The van der Waals surface area contributed by atoms with Gasteiger partial charge in [-0.05, 0) is 30.2 Å². The van der Waals surface area contributed by atoms with Crippen LogP contribution in [-0.4, -0.2) is 40.3 Å². The van der Waals surface area contributed by atoms with Crippen molar-refractivity contribution in [3.63, 3.8) is 0 Å². The van der Waals surface area contributed by atoms with Crippen LogP contribution in [0.4, 0.5) is 16.9 Å². The van der Waals surface area contributed by atoms with Crippen LogP contribution in [0.2, 0.25) is 0 Å². The molecule has 2 aromatic carbocycles. The van der Waals surface area contributed by atoms with Gasteiger partial charge in [-0.3, -0.25) is 0 Å². The number of fused-ring (bicyclic) bond motifs is 1. The summed E-state index contributed by atoms with van der Waals surface area (Å²) in [5, 5.41) is 16.3. The monoisotopic (exact) mass is 421 g/mol. The van der Waals surface area contributed by atoms with Gasteiger partial charge in [0.05, 0.1) is 23.0 Å². The Labute approximate surface area is 178 Å². The second-order valence-corrected chi connectivity index (χ2v) is 7.74. The molecule has 4 rings (SSSR count). The third-order valence-electron chi connectivity index (χ3n) is 4.46. The van der Waals surface area contributed by atoms with Crippen molar-refractivity contribution < 1.29 is 9.84 Å². The molecule has 0 fully saturated rings. The third-order valence-corrected chi connectivity index (χ3v) is 5.39. The molecule has 0 bridgehead atoms. The number of ether oxygens (including phenoxy) is 1. The quantitative estimate of drug-likeness (QED) is 0.348. The predicted molar refractivity (Wildman–Crippen MR) is 121 cm³/mol. The van der Waals surface area contributed by atoms with Gasteiger partial charge in [0.25, 0.3) is 0 Å². The number of rotatable bonds is 9. The highest BCUT2D eigenvalue weighted by Gasteiger charge is 2.10. The number of hydrogen-bond donors (Lipinski definition) is 3. The number of anilines is 3. The lowest BCUT2D eigenvalue weighted by Crippen LogP contribution is -2.09. The SMILES string of the molecule is COc1ccc2nc(Nc3cc(Cc4ccccc4)nc(NCCCO)n3)sc2c1. The van der Waals surface area contributed by atoms with Crippen LogP contribution in [0.15, 0.2) is 54.6 Å². The number of aliphatic hydroxyl groups is 1. The maximum absolute atomic E-state index is 9.04. The van der Waals surface area contributed by atoms with Gasteiger partial charge in [-0.15, -0.1) is 0 Å². The average molecular weight is 422 g/mol. The van der Waals surface area contributed by atoms with Crippen LogP contribution in [0, 0.1) is 0 Å². The normalized spacial score (nSPS) is 10.9. The molecule has 0 radical (unpaired) electrons. The van der Waals surface area contributed by atoms with Crippen molar-refractivity contribution in [1.82, 2.24) is 15.0 Å². The van der Waals surface area contributed by atoms with E-state index in [-0.39, 0.29) is 6.61 Å². The Bertz CT molecular complexity index is 1120. The fraction of sp³-hybridized carbons (Fsp3) is 0.227. The minimum atomic E-state index is 0.122. The molecule has 0 aliphatic carbocycles. The Morgan fingerprint density at radius 2 is 1.90 bits per heavy atom. The van der Waals surface area contributed by atoms with E-state index in [2.05, 4.69) is 37.7 Å². The number of aliphatic hydroxyl groups excluding tert-OH is 1. The maximum atomic E-state index is 9.04. The van der Waals surface area contributed by atoms with Crippen molar-refractivity contribution in [2.24, 2.45) is 0 Å². The van der Waals surface area contributed by atoms with Crippen molar-refractivity contribution in [3.8, 4) is 5.75 Å². The average Bonchev–Trinajstić information content (AvgIpc) is 3.15. The molecule has 8 heteroatoms. The fourth-order valence-electron chi connectivity index (χ4n) is 3.01. The van der Waals surface area contributed by atoms with Crippen LogP contribution < -0.4 is 15.4 Å². The first kappa shape index (κ1) is 20.1. The van der Waals surface area contributed by atoms with Gasteiger partial charge in [-0.2, -0.15) is 4.98 Å². The summed E-state index contributed by atoms with van der Waals surface area (Å²) >= 11 is 1.54. The highest BCUT2D eigenvalue weighted by Crippen LogP contribution is 2.31. The van der Waals surface area contributed by atoms with Crippen LogP contribution in [-0.2, 0) is 6.42 Å². The Morgan fingerprint density at radius 3 is 2.70 bits per heavy atom.